The van der Waals surface area contributed by atoms with E-state index in [1.165, 1.54) is 27.8 Å². The van der Waals surface area contributed by atoms with Crippen LogP contribution in [0.4, 0.5) is 0 Å². The molecule has 3 rings (SSSR count). The van der Waals surface area contributed by atoms with Crippen LogP contribution in [-0.2, 0) is 0 Å². The third kappa shape index (κ3) is 2.27. The van der Waals surface area contributed by atoms with Gasteiger partial charge in [0.25, 0.3) is 0 Å². The van der Waals surface area contributed by atoms with Gasteiger partial charge in [-0.3, -0.25) is 4.98 Å². The second-order valence-electron chi connectivity index (χ2n) is 4.60. The molecular formula is C18H15N. The lowest BCUT2D eigenvalue weighted by Crippen LogP contribution is -1.87. The van der Waals surface area contributed by atoms with Crippen LogP contribution in [-0.4, -0.2) is 4.98 Å². The Balaban J connectivity index is 2.21. The van der Waals surface area contributed by atoms with E-state index < -0.39 is 0 Å². The quantitative estimate of drug-likeness (QED) is 0.636. The molecule has 0 spiro atoms. The highest BCUT2D eigenvalue weighted by Gasteiger charge is 2.07. The average Bonchev–Trinajstić information content (AvgIpc) is 2.49. The molecule has 92 valence electrons. The van der Waals surface area contributed by atoms with Crippen LogP contribution < -0.4 is 0 Å². The van der Waals surface area contributed by atoms with Crippen molar-refractivity contribution in [2.24, 2.45) is 0 Å². The van der Waals surface area contributed by atoms with Crippen molar-refractivity contribution in [3.05, 3.63) is 78.6 Å². The number of benzene rings is 2. The zero-order valence-electron chi connectivity index (χ0n) is 10.9. The first kappa shape index (κ1) is 11.7. The predicted octanol–water partition coefficient (Wildman–Crippen LogP) is 4.72. The van der Waals surface area contributed by atoms with Gasteiger partial charge in [-0.15, -0.1) is 0 Å². The molecule has 1 heterocycles. The van der Waals surface area contributed by atoms with Gasteiger partial charge in [-0.1, -0.05) is 48.5 Å². The Kier molecular flexibility index (Phi) is 3.11. The number of hydrogen-bond donors (Lipinski definition) is 0. The predicted molar refractivity (Wildman–Crippen MR) is 79.8 cm³/mol. The Labute approximate surface area is 113 Å². The second-order valence-corrected chi connectivity index (χ2v) is 4.60. The molecule has 0 amide bonds. The molecule has 0 atom stereocenters. The molecule has 3 aromatic rings. The number of aromatic nitrogens is 1. The normalized spacial score (nSPS) is 10.4. The van der Waals surface area contributed by atoms with Crippen molar-refractivity contribution in [3.8, 4) is 22.3 Å². The molecule has 0 radical (unpaired) electrons. The van der Waals surface area contributed by atoms with Gasteiger partial charge in [-0.2, -0.15) is 0 Å². The molecule has 0 bridgehead atoms. The zero-order chi connectivity index (χ0) is 13.1. The molecule has 0 aliphatic carbocycles. The minimum absolute atomic E-state index is 1.20. The maximum absolute atomic E-state index is 4.09. The lowest BCUT2D eigenvalue weighted by molar-refractivity contribution is 1.33. The van der Waals surface area contributed by atoms with Crippen molar-refractivity contribution in [1.29, 1.82) is 0 Å². The summed E-state index contributed by atoms with van der Waals surface area (Å²) >= 11 is 0. The Hall–Kier alpha value is -2.41. The topological polar surface area (TPSA) is 12.9 Å². The van der Waals surface area contributed by atoms with E-state index in [1.54, 1.807) is 0 Å². The lowest BCUT2D eigenvalue weighted by Gasteiger charge is -2.12. The van der Waals surface area contributed by atoms with Crippen molar-refractivity contribution in [2.75, 3.05) is 0 Å². The summed E-state index contributed by atoms with van der Waals surface area (Å²) in [5, 5.41) is 0. The molecule has 0 aliphatic heterocycles. The van der Waals surface area contributed by atoms with Gasteiger partial charge in [-0.25, -0.2) is 0 Å². The highest BCUT2D eigenvalue weighted by molar-refractivity contribution is 5.84. The fourth-order valence-corrected chi connectivity index (χ4v) is 2.38. The van der Waals surface area contributed by atoms with Crippen LogP contribution in [0, 0.1) is 6.92 Å². The third-order valence-corrected chi connectivity index (χ3v) is 3.35. The Morgan fingerprint density at radius 1 is 0.632 bits per heavy atom. The molecule has 1 aromatic heterocycles. The van der Waals surface area contributed by atoms with Crippen LogP contribution in [0.5, 0.6) is 0 Å². The number of pyridine rings is 1. The van der Waals surface area contributed by atoms with Crippen LogP contribution in [0.15, 0.2) is 73.1 Å². The Morgan fingerprint density at radius 2 is 1.21 bits per heavy atom. The standard InChI is InChI=1S/C18H15N/c1-14-6-2-3-7-16(14)18-9-5-4-8-17(18)15-10-12-19-13-11-15/h2-13H,1H3. The largest absolute Gasteiger partial charge is 0.265 e. The van der Waals surface area contributed by atoms with Gasteiger partial charge in [0, 0.05) is 12.4 Å². The summed E-state index contributed by atoms with van der Waals surface area (Å²) in [5.74, 6) is 0. The molecule has 0 N–H and O–H groups in total. The third-order valence-electron chi connectivity index (χ3n) is 3.35. The van der Waals surface area contributed by atoms with Gasteiger partial charge in [0.2, 0.25) is 0 Å². The molecule has 0 saturated carbocycles. The summed E-state index contributed by atoms with van der Waals surface area (Å²) in [7, 11) is 0. The number of rotatable bonds is 2. The van der Waals surface area contributed by atoms with E-state index in [4.69, 9.17) is 0 Å². The minimum Gasteiger partial charge on any atom is -0.265 e. The zero-order valence-corrected chi connectivity index (χ0v) is 10.9. The Bertz CT molecular complexity index is 687. The molecule has 1 heteroatoms. The van der Waals surface area contributed by atoms with Crippen molar-refractivity contribution < 1.29 is 0 Å². The van der Waals surface area contributed by atoms with E-state index in [0.717, 1.165) is 0 Å². The summed E-state index contributed by atoms with van der Waals surface area (Å²) in [4.78, 5) is 4.09. The van der Waals surface area contributed by atoms with Crippen LogP contribution in [0.2, 0.25) is 0 Å². The van der Waals surface area contributed by atoms with E-state index in [2.05, 4.69) is 72.6 Å². The van der Waals surface area contributed by atoms with Crippen LogP contribution in [0.3, 0.4) is 0 Å². The van der Waals surface area contributed by atoms with E-state index >= 15 is 0 Å². The van der Waals surface area contributed by atoms with Gasteiger partial charge in [0.05, 0.1) is 0 Å². The summed E-state index contributed by atoms with van der Waals surface area (Å²) < 4.78 is 0. The maximum Gasteiger partial charge on any atom is 0.0273 e. The first-order valence-electron chi connectivity index (χ1n) is 6.42. The average molecular weight is 245 g/mol. The van der Waals surface area contributed by atoms with Crippen molar-refractivity contribution >= 4 is 0 Å². The summed E-state index contributed by atoms with van der Waals surface area (Å²) in [5.41, 5.74) is 6.30. The molecule has 1 nitrogen and oxygen atoms in total. The number of nitrogens with zero attached hydrogens (tertiary/aromatic N) is 1. The summed E-state index contributed by atoms with van der Waals surface area (Å²) in [6, 6.07) is 21.1. The smallest absolute Gasteiger partial charge is 0.0273 e. The van der Waals surface area contributed by atoms with Crippen LogP contribution in [0.1, 0.15) is 5.56 Å². The fraction of sp³-hybridized carbons (Fsp3) is 0.0556. The van der Waals surface area contributed by atoms with Crippen molar-refractivity contribution in [1.82, 2.24) is 4.98 Å². The number of hydrogen-bond acceptors (Lipinski definition) is 1. The maximum atomic E-state index is 4.09. The monoisotopic (exact) mass is 245 g/mol. The highest BCUT2D eigenvalue weighted by Crippen LogP contribution is 2.33. The van der Waals surface area contributed by atoms with Gasteiger partial charge in [0.15, 0.2) is 0 Å². The first-order chi connectivity index (χ1) is 9.36. The van der Waals surface area contributed by atoms with Gasteiger partial charge < -0.3 is 0 Å². The van der Waals surface area contributed by atoms with Crippen LogP contribution >= 0.6 is 0 Å². The van der Waals surface area contributed by atoms with E-state index in [9.17, 15) is 0 Å². The van der Waals surface area contributed by atoms with Crippen molar-refractivity contribution in [2.45, 2.75) is 6.92 Å². The molecule has 0 aliphatic rings. The second kappa shape index (κ2) is 5.07. The molecule has 0 saturated heterocycles. The fourth-order valence-electron chi connectivity index (χ4n) is 2.38. The first-order valence-corrected chi connectivity index (χ1v) is 6.42. The molecular weight excluding hydrogens is 230 g/mol. The molecule has 0 fully saturated rings. The molecule has 0 unspecified atom stereocenters. The van der Waals surface area contributed by atoms with E-state index in [-0.39, 0.29) is 0 Å². The minimum atomic E-state index is 1.20. The van der Waals surface area contributed by atoms with E-state index in [0.29, 0.717) is 0 Å². The van der Waals surface area contributed by atoms with Crippen molar-refractivity contribution in [3.63, 3.8) is 0 Å². The lowest BCUT2D eigenvalue weighted by atomic mass is 9.93. The van der Waals surface area contributed by atoms with E-state index in [1.807, 2.05) is 12.4 Å². The SMILES string of the molecule is Cc1ccccc1-c1ccccc1-c1ccncc1. The highest BCUT2D eigenvalue weighted by atomic mass is 14.6. The molecule has 19 heavy (non-hydrogen) atoms. The Morgan fingerprint density at radius 3 is 1.89 bits per heavy atom. The molecule has 2 aromatic carbocycles. The van der Waals surface area contributed by atoms with Gasteiger partial charge in [-0.05, 0) is 46.9 Å². The van der Waals surface area contributed by atoms with Gasteiger partial charge >= 0.3 is 0 Å². The summed E-state index contributed by atoms with van der Waals surface area (Å²) in [6.07, 6.45) is 3.67. The van der Waals surface area contributed by atoms with Gasteiger partial charge in [0.1, 0.15) is 0 Å². The summed E-state index contributed by atoms with van der Waals surface area (Å²) in [6.45, 7) is 2.15. The van der Waals surface area contributed by atoms with Crippen LogP contribution in [0.25, 0.3) is 22.3 Å². The number of aryl methyl sites for hydroxylation is 1.